The molecule has 1 saturated carbocycles. The minimum absolute atomic E-state index is 0.00532. The van der Waals surface area contributed by atoms with Crippen molar-refractivity contribution in [2.45, 2.75) is 110 Å². The molecule has 0 radical (unpaired) electrons. The van der Waals surface area contributed by atoms with Crippen LogP contribution in [0.3, 0.4) is 0 Å². The summed E-state index contributed by atoms with van der Waals surface area (Å²) in [5.74, 6) is 0.303. The molecule has 1 heterocycles. The Kier molecular flexibility index (Phi) is 10.8. The molecular formula is C24H44N4O3. The van der Waals surface area contributed by atoms with E-state index < -0.39 is 18.0 Å². The number of amides is 3. The zero-order chi connectivity index (χ0) is 22.8. The molecule has 3 atom stereocenters. The first-order chi connectivity index (χ1) is 14.8. The van der Waals surface area contributed by atoms with E-state index in [1.807, 2.05) is 20.8 Å². The normalized spacial score (nSPS) is 22.0. The maximum Gasteiger partial charge on any atom is 0.243 e. The van der Waals surface area contributed by atoms with E-state index in [2.05, 4.69) is 10.6 Å². The molecule has 0 aromatic heterocycles. The van der Waals surface area contributed by atoms with Crippen molar-refractivity contribution in [3.8, 4) is 0 Å². The molecular weight excluding hydrogens is 392 g/mol. The van der Waals surface area contributed by atoms with Gasteiger partial charge in [-0.3, -0.25) is 14.4 Å². The highest BCUT2D eigenvalue weighted by molar-refractivity contribution is 5.93. The van der Waals surface area contributed by atoms with Gasteiger partial charge in [0.2, 0.25) is 17.7 Å². The van der Waals surface area contributed by atoms with Crippen molar-refractivity contribution in [3.05, 3.63) is 0 Å². The Morgan fingerprint density at radius 1 is 1.16 bits per heavy atom. The number of hydrogen-bond acceptors (Lipinski definition) is 4. The molecule has 7 heteroatoms. The summed E-state index contributed by atoms with van der Waals surface area (Å²) >= 11 is 0. The number of likely N-dealkylation sites (tertiary alicyclic amines) is 1. The Labute approximate surface area is 188 Å². The van der Waals surface area contributed by atoms with E-state index in [4.69, 9.17) is 5.73 Å². The van der Waals surface area contributed by atoms with Gasteiger partial charge >= 0.3 is 0 Å². The van der Waals surface area contributed by atoms with Crippen molar-refractivity contribution in [1.29, 1.82) is 0 Å². The minimum atomic E-state index is -0.696. The van der Waals surface area contributed by atoms with Crippen molar-refractivity contribution < 1.29 is 14.4 Å². The van der Waals surface area contributed by atoms with Crippen molar-refractivity contribution in [2.75, 3.05) is 13.1 Å². The van der Waals surface area contributed by atoms with Gasteiger partial charge in [0.1, 0.15) is 12.1 Å². The number of nitrogens with zero attached hydrogens (tertiary/aromatic N) is 1. The van der Waals surface area contributed by atoms with E-state index in [1.165, 1.54) is 38.5 Å². The van der Waals surface area contributed by atoms with Gasteiger partial charge < -0.3 is 21.3 Å². The van der Waals surface area contributed by atoms with Crippen molar-refractivity contribution in [1.82, 2.24) is 15.5 Å². The number of nitrogens with two attached hydrogens (primary N) is 1. The fraction of sp³-hybridized carbons (Fsp3) is 0.875. The summed E-state index contributed by atoms with van der Waals surface area (Å²) in [4.78, 5) is 39.4. The molecule has 0 unspecified atom stereocenters. The van der Waals surface area contributed by atoms with Crippen LogP contribution < -0.4 is 16.4 Å². The first-order valence-electron chi connectivity index (χ1n) is 12.5. The van der Waals surface area contributed by atoms with Gasteiger partial charge in [-0.1, -0.05) is 59.3 Å². The number of hydrogen-bond donors (Lipinski definition) is 3. The van der Waals surface area contributed by atoms with Gasteiger partial charge in [0.05, 0.1) is 6.04 Å². The second kappa shape index (κ2) is 13.0. The van der Waals surface area contributed by atoms with E-state index >= 15 is 0 Å². The highest BCUT2D eigenvalue weighted by Crippen LogP contribution is 2.27. The summed E-state index contributed by atoms with van der Waals surface area (Å²) in [6, 6.07) is -1.44. The van der Waals surface area contributed by atoms with Crippen LogP contribution in [0.5, 0.6) is 0 Å². The van der Waals surface area contributed by atoms with Crippen LogP contribution >= 0.6 is 0 Å². The Morgan fingerprint density at radius 3 is 2.48 bits per heavy atom. The van der Waals surface area contributed by atoms with Gasteiger partial charge in [-0.25, -0.2) is 0 Å². The lowest BCUT2D eigenvalue weighted by Gasteiger charge is -2.29. The third-order valence-electron chi connectivity index (χ3n) is 6.75. The number of nitrogens with one attached hydrogen (secondary N) is 2. The van der Waals surface area contributed by atoms with E-state index in [9.17, 15) is 14.4 Å². The van der Waals surface area contributed by atoms with Crippen molar-refractivity contribution in [2.24, 2.45) is 17.6 Å². The molecule has 178 valence electrons. The molecule has 0 aromatic carbocycles. The Morgan fingerprint density at radius 2 is 1.87 bits per heavy atom. The highest BCUT2D eigenvalue weighted by atomic mass is 16.2. The predicted molar refractivity (Wildman–Crippen MR) is 123 cm³/mol. The van der Waals surface area contributed by atoms with E-state index in [0.29, 0.717) is 19.4 Å². The molecule has 3 amide bonds. The number of carbonyl (C=O) groups excluding carboxylic acids is 3. The summed E-state index contributed by atoms with van der Waals surface area (Å²) < 4.78 is 0. The summed E-state index contributed by atoms with van der Waals surface area (Å²) in [7, 11) is 0. The molecule has 0 bridgehead atoms. The molecule has 1 aliphatic heterocycles. The second-order valence-corrected chi connectivity index (χ2v) is 9.87. The molecule has 0 aromatic rings. The van der Waals surface area contributed by atoms with E-state index in [0.717, 1.165) is 31.7 Å². The predicted octanol–water partition coefficient (Wildman–Crippen LogP) is 2.72. The fourth-order valence-electron chi connectivity index (χ4n) is 5.03. The molecule has 2 rings (SSSR count). The molecule has 2 fully saturated rings. The van der Waals surface area contributed by atoms with Crippen molar-refractivity contribution >= 4 is 17.7 Å². The molecule has 7 nitrogen and oxygen atoms in total. The summed E-state index contributed by atoms with van der Waals surface area (Å²) in [6.45, 7) is 7.40. The van der Waals surface area contributed by atoms with Crippen LogP contribution in [0.1, 0.15) is 91.4 Å². The zero-order valence-corrected chi connectivity index (χ0v) is 19.8. The lowest BCUT2D eigenvalue weighted by molar-refractivity contribution is -0.139. The van der Waals surface area contributed by atoms with Gasteiger partial charge in [-0.05, 0) is 50.5 Å². The van der Waals surface area contributed by atoms with Crippen LogP contribution in [0.2, 0.25) is 0 Å². The second-order valence-electron chi connectivity index (χ2n) is 9.87. The molecule has 2 aliphatic rings. The maximum absolute atomic E-state index is 13.0. The highest BCUT2D eigenvalue weighted by Gasteiger charge is 2.39. The Bertz CT molecular complexity index is 589. The van der Waals surface area contributed by atoms with Crippen LogP contribution in [-0.2, 0) is 14.4 Å². The fourth-order valence-corrected chi connectivity index (χ4v) is 5.03. The van der Waals surface area contributed by atoms with Crippen molar-refractivity contribution in [3.63, 3.8) is 0 Å². The van der Waals surface area contributed by atoms with Crippen LogP contribution in [-0.4, -0.2) is 53.8 Å². The first kappa shape index (κ1) is 25.6. The van der Waals surface area contributed by atoms with Gasteiger partial charge in [-0.15, -0.1) is 0 Å². The minimum Gasteiger partial charge on any atom is -0.368 e. The largest absolute Gasteiger partial charge is 0.368 e. The number of rotatable bonds is 13. The van der Waals surface area contributed by atoms with Gasteiger partial charge in [0.25, 0.3) is 0 Å². The molecule has 31 heavy (non-hydrogen) atoms. The molecule has 1 aliphatic carbocycles. The zero-order valence-electron chi connectivity index (χ0n) is 19.8. The van der Waals surface area contributed by atoms with Crippen LogP contribution in [0.25, 0.3) is 0 Å². The van der Waals surface area contributed by atoms with E-state index in [1.54, 1.807) is 4.90 Å². The summed E-state index contributed by atoms with van der Waals surface area (Å²) in [5, 5.41) is 6.23. The van der Waals surface area contributed by atoms with Gasteiger partial charge in [0, 0.05) is 6.54 Å². The third-order valence-corrected chi connectivity index (χ3v) is 6.75. The lowest BCUT2D eigenvalue weighted by atomic mass is 9.86. The lowest BCUT2D eigenvalue weighted by Crippen LogP contribution is -2.54. The maximum atomic E-state index is 13.0. The quantitative estimate of drug-likeness (QED) is 0.386. The topological polar surface area (TPSA) is 105 Å². The van der Waals surface area contributed by atoms with Crippen LogP contribution in [0.4, 0.5) is 0 Å². The standard InChI is InChI=1S/C24H44N4O3/c1-4-9-21(23(30)27-20(22(25)29)16-17(2)3)28-15-13-19(24(28)31)26-14-8-12-18-10-6-5-7-11-18/h17-21,26H,4-16H2,1-3H3,(H2,25,29)(H,27,30)/t19-,20-,21-/m0/s1. The molecule has 0 spiro atoms. The van der Waals surface area contributed by atoms with Crippen LogP contribution in [0, 0.1) is 11.8 Å². The molecule has 4 N–H and O–H groups in total. The Balaban J connectivity index is 1.85. The average molecular weight is 437 g/mol. The van der Waals surface area contributed by atoms with E-state index in [-0.39, 0.29) is 23.8 Å². The van der Waals surface area contributed by atoms with Gasteiger partial charge in [-0.2, -0.15) is 0 Å². The monoisotopic (exact) mass is 436 g/mol. The average Bonchev–Trinajstić information content (AvgIpc) is 3.09. The first-order valence-corrected chi connectivity index (χ1v) is 12.5. The summed E-state index contributed by atoms with van der Waals surface area (Å²) in [6.07, 6.45) is 11.7. The SMILES string of the molecule is CCC[C@@H](C(=O)N[C@@H](CC(C)C)C(N)=O)N1CC[C@H](NCCCC2CCCCC2)C1=O. The summed E-state index contributed by atoms with van der Waals surface area (Å²) in [5.41, 5.74) is 5.49. The molecule has 1 saturated heterocycles. The third kappa shape index (κ3) is 8.09. The number of carbonyl (C=O) groups is 3. The smallest absolute Gasteiger partial charge is 0.243 e. The number of primary amides is 1. The Hall–Kier alpha value is -1.63. The van der Waals surface area contributed by atoms with Gasteiger partial charge in [0.15, 0.2) is 0 Å². The van der Waals surface area contributed by atoms with Crippen LogP contribution in [0.15, 0.2) is 0 Å².